The van der Waals surface area contributed by atoms with Gasteiger partial charge >= 0.3 is 0 Å². The lowest BCUT2D eigenvalue weighted by Gasteiger charge is -2.22. The van der Waals surface area contributed by atoms with Gasteiger partial charge in [-0.25, -0.2) is 0 Å². The van der Waals surface area contributed by atoms with Crippen LogP contribution in [0.25, 0.3) is 0 Å². The van der Waals surface area contributed by atoms with E-state index in [2.05, 4.69) is 31.9 Å². The van der Waals surface area contributed by atoms with Crippen LogP contribution in [0.3, 0.4) is 0 Å². The summed E-state index contributed by atoms with van der Waals surface area (Å²) in [5.74, 6) is 0.740. The minimum atomic E-state index is -0.0210. The Morgan fingerprint density at radius 2 is 1.95 bits per heavy atom. The summed E-state index contributed by atoms with van der Waals surface area (Å²) in [5.41, 5.74) is 1.48. The summed E-state index contributed by atoms with van der Waals surface area (Å²) in [5, 5.41) is 0. The number of fused-ring (bicyclic) bond motifs is 1. The Bertz CT molecular complexity index is 688. The summed E-state index contributed by atoms with van der Waals surface area (Å²) < 4.78 is 7.42. The summed E-state index contributed by atoms with van der Waals surface area (Å²) >= 11 is 6.87. The Labute approximate surface area is 140 Å². The van der Waals surface area contributed by atoms with Gasteiger partial charge in [0.1, 0.15) is 5.75 Å². The summed E-state index contributed by atoms with van der Waals surface area (Å²) in [4.78, 5) is 14.7. The zero-order valence-electron chi connectivity index (χ0n) is 11.2. The van der Waals surface area contributed by atoms with E-state index in [1.807, 2.05) is 42.5 Å². The van der Waals surface area contributed by atoms with Crippen LogP contribution in [-0.4, -0.2) is 19.1 Å². The van der Waals surface area contributed by atoms with Crippen LogP contribution in [0, 0.1) is 0 Å². The maximum absolute atomic E-state index is 12.9. The van der Waals surface area contributed by atoms with Crippen LogP contribution >= 0.6 is 31.9 Å². The summed E-state index contributed by atoms with van der Waals surface area (Å²) in [6, 6.07) is 13.2. The highest BCUT2D eigenvalue weighted by molar-refractivity contribution is 9.11. The monoisotopic (exact) mass is 409 g/mol. The van der Waals surface area contributed by atoms with Gasteiger partial charge in [0, 0.05) is 15.5 Å². The maximum Gasteiger partial charge on any atom is 0.259 e. The molecule has 1 aliphatic rings. The molecule has 0 atom stereocenters. The van der Waals surface area contributed by atoms with Gasteiger partial charge in [-0.3, -0.25) is 4.79 Å². The minimum absolute atomic E-state index is 0.0210. The fourth-order valence-electron chi connectivity index (χ4n) is 2.35. The van der Waals surface area contributed by atoms with Crippen molar-refractivity contribution in [1.82, 2.24) is 0 Å². The molecular formula is C16H13Br2NO2. The van der Waals surface area contributed by atoms with Crippen LogP contribution in [0.15, 0.2) is 51.4 Å². The van der Waals surface area contributed by atoms with Crippen molar-refractivity contribution in [1.29, 1.82) is 0 Å². The van der Waals surface area contributed by atoms with E-state index >= 15 is 0 Å². The predicted molar refractivity (Wildman–Crippen MR) is 90.1 cm³/mol. The lowest BCUT2D eigenvalue weighted by Crippen LogP contribution is -2.31. The van der Waals surface area contributed by atoms with Crippen LogP contribution in [-0.2, 0) is 0 Å². The number of para-hydroxylation sites is 2. The number of amides is 1. The van der Waals surface area contributed by atoms with E-state index in [1.165, 1.54) is 0 Å². The molecular weight excluding hydrogens is 398 g/mol. The molecule has 0 unspecified atom stereocenters. The zero-order chi connectivity index (χ0) is 14.8. The highest BCUT2D eigenvalue weighted by Crippen LogP contribution is 2.33. The lowest BCUT2D eigenvalue weighted by atomic mass is 10.1. The highest BCUT2D eigenvalue weighted by Gasteiger charge is 2.24. The third-order valence-corrected chi connectivity index (χ3v) is 4.50. The smallest absolute Gasteiger partial charge is 0.259 e. The first-order valence-corrected chi connectivity index (χ1v) is 8.24. The largest absolute Gasteiger partial charge is 0.491 e. The van der Waals surface area contributed by atoms with E-state index in [9.17, 15) is 4.79 Å². The van der Waals surface area contributed by atoms with Gasteiger partial charge in [-0.15, -0.1) is 0 Å². The molecule has 5 heteroatoms. The molecule has 1 heterocycles. The van der Waals surface area contributed by atoms with Gasteiger partial charge < -0.3 is 9.64 Å². The van der Waals surface area contributed by atoms with Gasteiger partial charge in [0.15, 0.2) is 0 Å². The van der Waals surface area contributed by atoms with Gasteiger partial charge in [0.05, 0.1) is 17.9 Å². The minimum Gasteiger partial charge on any atom is -0.491 e. The summed E-state index contributed by atoms with van der Waals surface area (Å²) in [6.07, 6.45) is 0.814. The van der Waals surface area contributed by atoms with Crippen molar-refractivity contribution in [3.8, 4) is 5.75 Å². The lowest BCUT2D eigenvalue weighted by molar-refractivity contribution is 0.0986. The number of rotatable bonds is 1. The number of benzene rings is 2. The fourth-order valence-corrected chi connectivity index (χ4v) is 3.56. The van der Waals surface area contributed by atoms with Crippen molar-refractivity contribution < 1.29 is 9.53 Å². The number of hydrogen-bond acceptors (Lipinski definition) is 2. The van der Waals surface area contributed by atoms with Crippen LogP contribution in [0.2, 0.25) is 0 Å². The highest BCUT2D eigenvalue weighted by atomic mass is 79.9. The number of carbonyl (C=O) groups excluding carboxylic acids is 1. The average molecular weight is 411 g/mol. The molecule has 0 aliphatic carbocycles. The molecule has 0 spiro atoms. The van der Waals surface area contributed by atoms with Gasteiger partial charge in [0.2, 0.25) is 0 Å². The molecule has 0 radical (unpaired) electrons. The Morgan fingerprint density at radius 3 is 2.76 bits per heavy atom. The van der Waals surface area contributed by atoms with Gasteiger partial charge in [-0.2, -0.15) is 0 Å². The first-order chi connectivity index (χ1) is 10.2. The second-order valence-electron chi connectivity index (χ2n) is 4.75. The quantitative estimate of drug-likeness (QED) is 0.685. The summed E-state index contributed by atoms with van der Waals surface area (Å²) in [7, 11) is 0. The Hall–Kier alpha value is -1.33. The second-order valence-corrected chi connectivity index (χ2v) is 6.52. The van der Waals surface area contributed by atoms with Crippen molar-refractivity contribution in [2.45, 2.75) is 6.42 Å². The molecule has 21 heavy (non-hydrogen) atoms. The van der Waals surface area contributed by atoms with Crippen molar-refractivity contribution in [2.75, 3.05) is 18.1 Å². The molecule has 2 aromatic carbocycles. The number of anilines is 1. The van der Waals surface area contributed by atoms with E-state index < -0.39 is 0 Å². The molecule has 0 aromatic heterocycles. The topological polar surface area (TPSA) is 29.5 Å². The van der Waals surface area contributed by atoms with E-state index in [0.717, 1.165) is 26.8 Å². The third kappa shape index (κ3) is 2.99. The number of ether oxygens (including phenoxy) is 1. The van der Waals surface area contributed by atoms with E-state index in [-0.39, 0.29) is 5.91 Å². The molecule has 3 nitrogen and oxygen atoms in total. The van der Waals surface area contributed by atoms with E-state index in [1.54, 1.807) is 4.90 Å². The molecule has 0 saturated carbocycles. The van der Waals surface area contributed by atoms with Crippen molar-refractivity contribution in [3.63, 3.8) is 0 Å². The molecule has 2 aromatic rings. The van der Waals surface area contributed by atoms with Crippen LogP contribution in [0.5, 0.6) is 5.75 Å². The molecule has 108 valence electrons. The van der Waals surface area contributed by atoms with Crippen molar-refractivity contribution in [3.05, 3.63) is 57.0 Å². The SMILES string of the molecule is O=C(c1ccc(Br)cc1Br)N1CCCOc2ccccc21. The summed E-state index contributed by atoms with van der Waals surface area (Å²) in [6.45, 7) is 1.28. The number of hydrogen-bond donors (Lipinski definition) is 0. The Morgan fingerprint density at radius 1 is 1.14 bits per heavy atom. The fraction of sp³-hybridized carbons (Fsp3) is 0.188. The van der Waals surface area contributed by atoms with Crippen LogP contribution in [0.4, 0.5) is 5.69 Å². The van der Waals surface area contributed by atoms with Crippen LogP contribution in [0.1, 0.15) is 16.8 Å². The Balaban J connectivity index is 2.01. The maximum atomic E-state index is 12.9. The first kappa shape index (κ1) is 14.6. The molecule has 0 fully saturated rings. The Kier molecular flexibility index (Phi) is 4.31. The zero-order valence-corrected chi connectivity index (χ0v) is 14.4. The van der Waals surface area contributed by atoms with Crippen LogP contribution < -0.4 is 9.64 Å². The van der Waals surface area contributed by atoms with E-state index in [0.29, 0.717) is 18.7 Å². The second kappa shape index (κ2) is 6.20. The number of carbonyl (C=O) groups is 1. The molecule has 1 aliphatic heterocycles. The normalized spacial score (nSPS) is 14.1. The van der Waals surface area contributed by atoms with Gasteiger partial charge in [0.25, 0.3) is 5.91 Å². The number of nitrogens with zero attached hydrogens (tertiary/aromatic N) is 1. The predicted octanol–water partition coefficient (Wildman–Crippen LogP) is 4.64. The van der Waals surface area contributed by atoms with Crippen molar-refractivity contribution in [2.24, 2.45) is 0 Å². The van der Waals surface area contributed by atoms with Gasteiger partial charge in [-0.05, 0) is 52.7 Å². The van der Waals surface area contributed by atoms with E-state index in [4.69, 9.17) is 4.74 Å². The van der Waals surface area contributed by atoms with Gasteiger partial charge in [-0.1, -0.05) is 28.1 Å². The third-order valence-electron chi connectivity index (χ3n) is 3.35. The van der Waals surface area contributed by atoms with Crippen molar-refractivity contribution >= 4 is 43.5 Å². The first-order valence-electron chi connectivity index (χ1n) is 6.65. The molecule has 3 rings (SSSR count). The molecule has 0 N–H and O–H groups in total. The molecule has 0 bridgehead atoms. The number of halogens is 2. The average Bonchev–Trinajstić information content (AvgIpc) is 2.69. The molecule has 0 saturated heterocycles. The molecule has 1 amide bonds. The standard InChI is InChI=1S/C16H13Br2NO2/c17-11-6-7-12(13(18)10-11)16(20)19-8-3-9-21-15-5-2-1-4-14(15)19/h1-2,4-7,10H,3,8-9H2.